The minimum absolute atomic E-state index is 0.168. The number of rotatable bonds is 4. The van der Waals surface area contributed by atoms with Crippen LogP contribution in [0.2, 0.25) is 0 Å². The monoisotopic (exact) mass is 393 g/mol. The van der Waals surface area contributed by atoms with Gasteiger partial charge >= 0.3 is 0 Å². The number of piperidine rings is 1. The maximum atomic E-state index is 14.0. The number of nitrogens with zero attached hydrogens (tertiary/aromatic N) is 3. The van der Waals surface area contributed by atoms with Crippen molar-refractivity contribution in [3.8, 4) is 5.75 Å². The van der Waals surface area contributed by atoms with Crippen molar-refractivity contribution in [3.05, 3.63) is 59.2 Å². The Bertz CT molecular complexity index is 1020. The molecule has 3 heterocycles. The molecule has 2 aliphatic heterocycles. The van der Waals surface area contributed by atoms with Crippen LogP contribution in [-0.4, -0.2) is 34.7 Å². The molecule has 0 aliphatic carbocycles. The highest BCUT2D eigenvalue weighted by Crippen LogP contribution is 2.35. The summed E-state index contributed by atoms with van der Waals surface area (Å²) >= 11 is 0. The molecular formula is C24H28FN3O. The molecule has 1 atom stereocenters. The molecule has 5 rings (SSSR count). The Morgan fingerprint density at radius 3 is 2.59 bits per heavy atom. The lowest BCUT2D eigenvalue weighted by atomic mass is 9.89. The van der Waals surface area contributed by atoms with E-state index in [1.807, 2.05) is 0 Å². The van der Waals surface area contributed by atoms with E-state index in [9.17, 15) is 4.39 Å². The van der Waals surface area contributed by atoms with Crippen molar-refractivity contribution in [1.82, 2.24) is 14.5 Å². The number of benzene rings is 2. The molecule has 152 valence electrons. The van der Waals surface area contributed by atoms with Gasteiger partial charge in [-0.2, -0.15) is 0 Å². The van der Waals surface area contributed by atoms with Gasteiger partial charge in [0.05, 0.1) is 24.7 Å². The summed E-state index contributed by atoms with van der Waals surface area (Å²) < 4.78 is 21.6. The van der Waals surface area contributed by atoms with E-state index in [-0.39, 0.29) is 5.82 Å². The predicted octanol–water partition coefficient (Wildman–Crippen LogP) is 5.07. The summed E-state index contributed by atoms with van der Waals surface area (Å²) in [6.45, 7) is 5.23. The number of aromatic nitrogens is 2. The van der Waals surface area contributed by atoms with E-state index < -0.39 is 0 Å². The molecule has 1 fully saturated rings. The first-order valence-corrected chi connectivity index (χ1v) is 10.7. The SMILES string of the molecule is COc1ccc(C2CCN(Cc3nc4cc(F)cc5c4n3C(C)CC5)CC2)cc1. The van der Waals surface area contributed by atoms with Gasteiger partial charge in [-0.1, -0.05) is 12.1 Å². The number of ether oxygens (including phenoxy) is 1. The van der Waals surface area contributed by atoms with Crippen molar-refractivity contribution in [1.29, 1.82) is 0 Å². The lowest BCUT2D eigenvalue weighted by molar-refractivity contribution is 0.196. The topological polar surface area (TPSA) is 30.3 Å². The Morgan fingerprint density at radius 2 is 1.86 bits per heavy atom. The third-order valence-electron chi connectivity index (χ3n) is 6.71. The summed E-state index contributed by atoms with van der Waals surface area (Å²) in [5.41, 5.74) is 4.47. The van der Waals surface area contributed by atoms with E-state index in [4.69, 9.17) is 9.72 Å². The molecule has 1 aromatic heterocycles. The quantitative estimate of drug-likeness (QED) is 0.620. The van der Waals surface area contributed by atoms with Crippen molar-refractivity contribution in [2.75, 3.05) is 20.2 Å². The van der Waals surface area contributed by atoms with Gasteiger partial charge in [0.15, 0.2) is 0 Å². The second-order valence-corrected chi connectivity index (χ2v) is 8.54. The largest absolute Gasteiger partial charge is 0.497 e. The Balaban J connectivity index is 1.32. The fraction of sp³-hybridized carbons (Fsp3) is 0.458. The third-order valence-corrected chi connectivity index (χ3v) is 6.71. The molecule has 2 aliphatic rings. The zero-order valence-electron chi connectivity index (χ0n) is 17.2. The Kier molecular flexibility index (Phi) is 4.78. The van der Waals surface area contributed by atoms with Gasteiger partial charge in [0.25, 0.3) is 0 Å². The average molecular weight is 394 g/mol. The molecule has 0 N–H and O–H groups in total. The van der Waals surface area contributed by atoms with Crippen LogP contribution < -0.4 is 4.74 Å². The highest BCUT2D eigenvalue weighted by Gasteiger charge is 2.26. The number of hydrogen-bond acceptors (Lipinski definition) is 3. The lowest BCUT2D eigenvalue weighted by Gasteiger charge is -2.33. The van der Waals surface area contributed by atoms with Crippen LogP contribution in [0, 0.1) is 5.82 Å². The fourth-order valence-corrected chi connectivity index (χ4v) is 5.10. The molecule has 0 bridgehead atoms. The molecule has 0 radical (unpaired) electrons. The predicted molar refractivity (Wildman–Crippen MR) is 113 cm³/mol. The van der Waals surface area contributed by atoms with Crippen LogP contribution in [-0.2, 0) is 13.0 Å². The molecule has 1 unspecified atom stereocenters. The first-order valence-electron chi connectivity index (χ1n) is 10.7. The Labute approximate surface area is 171 Å². The van der Waals surface area contributed by atoms with Gasteiger partial charge in [-0.05, 0) is 80.9 Å². The van der Waals surface area contributed by atoms with Crippen LogP contribution in [0.5, 0.6) is 5.75 Å². The fourth-order valence-electron chi connectivity index (χ4n) is 5.10. The van der Waals surface area contributed by atoms with E-state index in [1.165, 1.54) is 5.56 Å². The summed E-state index contributed by atoms with van der Waals surface area (Å²) in [6, 6.07) is 12.2. The molecule has 0 spiro atoms. The molecular weight excluding hydrogens is 365 g/mol. The van der Waals surface area contributed by atoms with E-state index in [0.717, 1.165) is 73.5 Å². The minimum atomic E-state index is -0.168. The third kappa shape index (κ3) is 3.42. The first kappa shape index (κ1) is 18.6. The van der Waals surface area contributed by atoms with Crippen molar-refractivity contribution in [2.45, 2.75) is 51.1 Å². The second kappa shape index (κ2) is 7.45. The van der Waals surface area contributed by atoms with Gasteiger partial charge in [-0.3, -0.25) is 4.90 Å². The number of halogens is 1. The standard InChI is InChI=1S/C24H28FN3O/c1-16-3-4-19-13-20(25)14-22-24(19)28(16)23(26-22)15-27-11-9-18(10-12-27)17-5-7-21(29-2)8-6-17/h5-8,13-14,16,18H,3-4,9-12,15H2,1-2H3. The van der Waals surface area contributed by atoms with Crippen LogP contribution in [0.4, 0.5) is 4.39 Å². The summed E-state index contributed by atoms with van der Waals surface area (Å²) in [5.74, 6) is 2.44. The summed E-state index contributed by atoms with van der Waals surface area (Å²) in [4.78, 5) is 7.36. The molecule has 5 heteroatoms. The van der Waals surface area contributed by atoms with Gasteiger partial charge in [0, 0.05) is 12.1 Å². The van der Waals surface area contributed by atoms with E-state index in [2.05, 4.69) is 40.7 Å². The number of likely N-dealkylation sites (tertiary alicyclic amines) is 1. The normalized spacial score (nSPS) is 20.3. The highest BCUT2D eigenvalue weighted by atomic mass is 19.1. The zero-order chi connectivity index (χ0) is 20.0. The van der Waals surface area contributed by atoms with Crippen LogP contribution in [0.25, 0.3) is 11.0 Å². The smallest absolute Gasteiger partial charge is 0.125 e. The molecule has 0 amide bonds. The van der Waals surface area contributed by atoms with E-state index in [1.54, 1.807) is 19.2 Å². The molecule has 4 nitrogen and oxygen atoms in total. The highest BCUT2D eigenvalue weighted by molar-refractivity contribution is 5.80. The molecule has 2 aromatic carbocycles. The van der Waals surface area contributed by atoms with Crippen molar-refractivity contribution >= 4 is 11.0 Å². The summed E-state index contributed by atoms with van der Waals surface area (Å²) in [5, 5.41) is 0. The van der Waals surface area contributed by atoms with Crippen LogP contribution in [0.3, 0.4) is 0 Å². The van der Waals surface area contributed by atoms with Crippen molar-refractivity contribution in [3.63, 3.8) is 0 Å². The summed E-state index contributed by atoms with van der Waals surface area (Å²) in [7, 11) is 1.71. The van der Waals surface area contributed by atoms with Crippen LogP contribution in [0.1, 0.15) is 55.1 Å². The Hall–Kier alpha value is -2.40. The maximum absolute atomic E-state index is 14.0. The van der Waals surface area contributed by atoms with Gasteiger partial charge < -0.3 is 9.30 Å². The molecule has 29 heavy (non-hydrogen) atoms. The lowest BCUT2D eigenvalue weighted by Crippen LogP contribution is -2.33. The summed E-state index contributed by atoms with van der Waals surface area (Å²) in [6.07, 6.45) is 4.30. The minimum Gasteiger partial charge on any atom is -0.497 e. The zero-order valence-corrected chi connectivity index (χ0v) is 17.2. The molecule has 3 aromatic rings. The van der Waals surface area contributed by atoms with Crippen molar-refractivity contribution < 1.29 is 9.13 Å². The average Bonchev–Trinajstić information content (AvgIpc) is 3.10. The van der Waals surface area contributed by atoms with Gasteiger partial charge in [0.1, 0.15) is 17.4 Å². The van der Waals surface area contributed by atoms with E-state index >= 15 is 0 Å². The number of methoxy groups -OCH3 is 1. The Morgan fingerprint density at radius 1 is 1.10 bits per heavy atom. The number of aryl methyl sites for hydroxylation is 1. The van der Waals surface area contributed by atoms with Crippen LogP contribution in [0.15, 0.2) is 36.4 Å². The first-order chi connectivity index (χ1) is 14.1. The van der Waals surface area contributed by atoms with Gasteiger partial charge in [-0.25, -0.2) is 9.37 Å². The number of imidazole rings is 1. The molecule has 0 saturated carbocycles. The van der Waals surface area contributed by atoms with E-state index in [0.29, 0.717) is 12.0 Å². The maximum Gasteiger partial charge on any atom is 0.125 e. The van der Waals surface area contributed by atoms with Gasteiger partial charge in [-0.15, -0.1) is 0 Å². The van der Waals surface area contributed by atoms with Crippen LogP contribution >= 0.6 is 0 Å². The van der Waals surface area contributed by atoms with Gasteiger partial charge in [0.2, 0.25) is 0 Å². The second-order valence-electron chi connectivity index (χ2n) is 8.54. The van der Waals surface area contributed by atoms with Crippen molar-refractivity contribution in [2.24, 2.45) is 0 Å². The number of hydrogen-bond donors (Lipinski definition) is 0. The molecule has 1 saturated heterocycles.